The second-order valence-electron chi connectivity index (χ2n) is 5.39. The molecule has 0 bridgehead atoms. The number of amides is 1. The average Bonchev–Trinajstić information content (AvgIpc) is 2.88. The Balaban J connectivity index is 0.00000220. The summed E-state index contributed by atoms with van der Waals surface area (Å²) in [6.45, 7) is 4.27. The van der Waals surface area contributed by atoms with Gasteiger partial charge in [0.2, 0.25) is 5.91 Å². The van der Waals surface area contributed by atoms with Crippen molar-refractivity contribution in [3.05, 3.63) is 24.3 Å². The van der Waals surface area contributed by atoms with Crippen LogP contribution in [-0.4, -0.2) is 43.6 Å². The first-order valence-electron chi connectivity index (χ1n) is 7.01. The van der Waals surface area contributed by atoms with Crippen molar-refractivity contribution in [3.8, 4) is 5.75 Å². The lowest BCUT2D eigenvalue weighted by atomic mass is 10.0. The topological polar surface area (TPSA) is 67.6 Å². The molecule has 1 amide bonds. The number of hydrogen-bond donors (Lipinski definition) is 2. The van der Waals surface area contributed by atoms with Crippen molar-refractivity contribution >= 4 is 24.0 Å². The van der Waals surface area contributed by atoms with Crippen LogP contribution in [0.2, 0.25) is 0 Å². The Morgan fingerprint density at radius 2 is 2.24 bits per heavy atom. The third-order valence-corrected chi connectivity index (χ3v) is 3.80. The van der Waals surface area contributed by atoms with Crippen LogP contribution in [0, 0.1) is 5.92 Å². The fourth-order valence-corrected chi connectivity index (χ4v) is 2.58. The molecule has 1 fully saturated rings. The van der Waals surface area contributed by atoms with Gasteiger partial charge in [-0.25, -0.2) is 0 Å². The molecular formula is C15H24ClN3O2. The molecular weight excluding hydrogens is 290 g/mol. The molecule has 2 unspecified atom stereocenters. The van der Waals surface area contributed by atoms with Crippen molar-refractivity contribution < 1.29 is 9.53 Å². The summed E-state index contributed by atoms with van der Waals surface area (Å²) in [5.41, 5.74) is 6.62. The van der Waals surface area contributed by atoms with Crippen LogP contribution in [0.15, 0.2) is 24.3 Å². The molecule has 5 nitrogen and oxygen atoms in total. The van der Waals surface area contributed by atoms with E-state index in [9.17, 15) is 4.79 Å². The van der Waals surface area contributed by atoms with E-state index < -0.39 is 0 Å². The number of nitrogens with zero attached hydrogens (tertiary/aromatic N) is 1. The van der Waals surface area contributed by atoms with E-state index >= 15 is 0 Å². The van der Waals surface area contributed by atoms with Crippen LogP contribution in [0.3, 0.4) is 0 Å². The maximum atomic E-state index is 12.1. The highest BCUT2D eigenvalue weighted by atomic mass is 35.5. The van der Waals surface area contributed by atoms with Gasteiger partial charge < -0.3 is 15.8 Å². The number of methoxy groups -OCH3 is 1. The Morgan fingerprint density at radius 3 is 2.86 bits per heavy atom. The molecule has 0 radical (unpaired) electrons. The monoisotopic (exact) mass is 313 g/mol. The zero-order chi connectivity index (χ0) is 14.5. The summed E-state index contributed by atoms with van der Waals surface area (Å²) < 4.78 is 5.22. The molecule has 6 heteroatoms. The van der Waals surface area contributed by atoms with Crippen LogP contribution in [-0.2, 0) is 4.79 Å². The van der Waals surface area contributed by atoms with Gasteiger partial charge in [0.05, 0.1) is 19.3 Å². The molecule has 0 saturated carbocycles. The first-order chi connectivity index (χ1) is 9.60. The van der Waals surface area contributed by atoms with Gasteiger partial charge in [-0.3, -0.25) is 9.69 Å². The molecule has 1 aliphatic rings. The SMILES string of the molecule is COc1ccccc1NC(=O)CN1CCC(C(C)N)C1.Cl. The van der Waals surface area contributed by atoms with Gasteiger partial charge >= 0.3 is 0 Å². The Labute approximate surface area is 132 Å². The quantitative estimate of drug-likeness (QED) is 0.868. The van der Waals surface area contributed by atoms with Crippen molar-refractivity contribution in [2.75, 3.05) is 32.1 Å². The third kappa shape index (κ3) is 4.88. The van der Waals surface area contributed by atoms with Crippen molar-refractivity contribution in [2.45, 2.75) is 19.4 Å². The van der Waals surface area contributed by atoms with Crippen LogP contribution < -0.4 is 15.8 Å². The standard InChI is InChI=1S/C15H23N3O2.ClH/c1-11(16)12-7-8-18(9-12)10-15(19)17-13-5-3-4-6-14(13)20-2;/h3-6,11-12H,7-10,16H2,1-2H3,(H,17,19);1H. The van der Waals surface area contributed by atoms with E-state index in [0.29, 0.717) is 23.9 Å². The van der Waals surface area contributed by atoms with Crippen LogP contribution in [0.4, 0.5) is 5.69 Å². The summed E-state index contributed by atoms with van der Waals surface area (Å²) in [5, 5.41) is 2.90. The average molecular weight is 314 g/mol. The van der Waals surface area contributed by atoms with Crippen LogP contribution in [0.25, 0.3) is 0 Å². The predicted molar refractivity (Wildman–Crippen MR) is 87.1 cm³/mol. The fraction of sp³-hybridized carbons (Fsp3) is 0.533. The minimum absolute atomic E-state index is 0. The minimum Gasteiger partial charge on any atom is -0.495 e. The second-order valence-corrected chi connectivity index (χ2v) is 5.39. The molecule has 1 aromatic carbocycles. The number of likely N-dealkylation sites (tertiary alicyclic amines) is 1. The smallest absolute Gasteiger partial charge is 0.238 e. The molecule has 118 valence electrons. The number of benzene rings is 1. The lowest BCUT2D eigenvalue weighted by Gasteiger charge is -2.17. The number of carbonyl (C=O) groups is 1. The normalized spacial score (nSPS) is 19.7. The predicted octanol–water partition coefficient (Wildman–Crippen LogP) is 1.72. The highest BCUT2D eigenvalue weighted by Gasteiger charge is 2.26. The number of anilines is 1. The van der Waals surface area contributed by atoms with Gasteiger partial charge in [-0.2, -0.15) is 0 Å². The van der Waals surface area contributed by atoms with E-state index in [2.05, 4.69) is 10.2 Å². The number of nitrogens with one attached hydrogen (secondary N) is 1. The van der Waals surface area contributed by atoms with Gasteiger partial charge in [-0.05, 0) is 37.9 Å². The first-order valence-corrected chi connectivity index (χ1v) is 7.01. The van der Waals surface area contributed by atoms with E-state index in [4.69, 9.17) is 10.5 Å². The number of ether oxygens (including phenoxy) is 1. The molecule has 0 aromatic heterocycles. The van der Waals surface area contributed by atoms with Gasteiger partial charge in [0, 0.05) is 12.6 Å². The van der Waals surface area contributed by atoms with E-state index in [1.54, 1.807) is 7.11 Å². The zero-order valence-corrected chi connectivity index (χ0v) is 13.4. The third-order valence-electron chi connectivity index (χ3n) is 3.80. The molecule has 2 atom stereocenters. The van der Waals surface area contributed by atoms with E-state index in [0.717, 1.165) is 19.5 Å². The maximum absolute atomic E-state index is 12.1. The Hall–Kier alpha value is -1.30. The van der Waals surface area contributed by atoms with Gasteiger partial charge in [-0.15, -0.1) is 12.4 Å². The molecule has 3 N–H and O–H groups in total. The lowest BCUT2D eigenvalue weighted by molar-refractivity contribution is -0.117. The van der Waals surface area contributed by atoms with Crippen molar-refractivity contribution in [1.29, 1.82) is 0 Å². The van der Waals surface area contributed by atoms with E-state index in [1.807, 2.05) is 31.2 Å². The molecule has 1 aromatic rings. The molecule has 2 rings (SSSR count). The van der Waals surface area contributed by atoms with E-state index in [-0.39, 0.29) is 24.4 Å². The Bertz CT molecular complexity index is 468. The lowest BCUT2D eigenvalue weighted by Crippen LogP contribution is -2.34. The summed E-state index contributed by atoms with van der Waals surface area (Å²) in [6.07, 6.45) is 1.07. The summed E-state index contributed by atoms with van der Waals surface area (Å²) in [5.74, 6) is 1.16. The molecule has 1 aliphatic heterocycles. The fourth-order valence-electron chi connectivity index (χ4n) is 2.58. The summed E-state index contributed by atoms with van der Waals surface area (Å²) in [4.78, 5) is 14.2. The van der Waals surface area contributed by atoms with Crippen molar-refractivity contribution in [3.63, 3.8) is 0 Å². The number of hydrogen-bond acceptors (Lipinski definition) is 4. The van der Waals surface area contributed by atoms with Crippen molar-refractivity contribution in [1.82, 2.24) is 4.90 Å². The number of para-hydroxylation sites is 2. The maximum Gasteiger partial charge on any atom is 0.238 e. The molecule has 0 aliphatic carbocycles. The largest absolute Gasteiger partial charge is 0.495 e. The van der Waals surface area contributed by atoms with E-state index in [1.165, 1.54) is 0 Å². The Kier molecular flexibility index (Phi) is 6.95. The first kappa shape index (κ1) is 17.8. The number of nitrogens with two attached hydrogens (primary N) is 1. The molecule has 0 spiro atoms. The van der Waals surface area contributed by atoms with Gasteiger partial charge in [0.15, 0.2) is 0 Å². The summed E-state index contributed by atoms with van der Waals surface area (Å²) in [7, 11) is 1.60. The van der Waals surface area contributed by atoms with Gasteiger partial charge in [-0.1, -0.05) is 12.1 Å². The van der Waals surface area contributed by atoms with Crippen LogP contribution in [0.1, 0.15) is 13.3 Å². The highest BCUT2D eigenvalue weighted by Crippen LogP contribution is 2.23. The molecule has 1 saturated heterocycles. The van der Waals surface area contributed by atoms with Gasteiger partial charge in [0.1, 0.15) is 5.75 Å². The van der Waals surface area contributed by atoms with Gasteiger partial charge in [0.25, 0.3) is 0 Å². The summed E-state index contributed by atoms with van der Waals surface area (Å²) >= 11 is 0. The van der Waals surface area contributed by atoms with Crippen molar-refractivity contribution in [2.24, 2.45) is 11.7 Å². The number of halogens is 1. The zero-order valence-electron chi connectivity index (χ0n) is 12.5. The Morgan fingerprint density at radius 1 is 1.52 bits per heavy atom. The highest BCUT2D eigenvalue weighted by molar-refractivity contribution is 5.93. The van der Waals surface area contributed by atoms with Crippen LogP contribution in [0.5, 0.6) is 5.75 Å². The molecule has 1 heterocycles. The molecule has 21 heavy (non-hydrogen) atoms. The summed E-state index contributed by atoms with van der Waals surface area (Å²) in [6, 6.07) is 7.61. The number of carbonyl (C=O) groups excluding carboxylic acids is 1. The van der Waals surface area contributed by atoms with Crippen LogP contribution >= 0.6 is 12.4 Å². The minimum atomic E-state index is -0.0141. The number of rotatable bonds is 5. The second kappa shape index (κ2) is 8.22.